The van der Waals surface area contributed by atoms with Crippen molar-refractivity contribution in [2.75, 3.05) is 6.54 Å². The second-order valence-electron chi connectivity index (χ2n) is 7.27. The van der Waals surface area contributed by atoms with E-state index in [0.717, 1.165) is 37.7 Å². The van der Waals surface area contributed by atoms with Crippen LogP contribution in [0.4, 0.5) is 0 Å². The fraction of sp³-hybridized carbons (Fsp3) is 0.429. The molecule has 1 saturated heterocycles. The molecule has 0 amide bonds. The number of sulfonamides is 1. The molecule has 1 heterocycles. The van der Waals surface area contributed by atoms with Crippen molar-refractivity contribution < 1.29 is 8.42 Å². The summed E-state index contributed by atoms with van der Waals surface area (Å²) < 4.78 is 28.4. The van der Waals surface area contributed by atoms with Gasteiger partial charge in [0.1, 0.15) is 0 Å². The number of hydrogen-bond donors (Lipinski definition) is 0. The molecule has 132 valence electrons. The summed E-state index contributed by atoms with van der Waals surface area (Å²) in [5, 5.41) is 0. The van der Waals surface area contributed by atoms with E-state index in [1.807, 2.05) is 30.3 Å². The molecule has 0 spiro atoms. The predicted octanol–water partition coefficient (Wildman–Crippen LogP) is 4.40. The zero-order chi connectivity index (χ0) is 17.4. The Morgan fingerprint density at radius 3 is 2.52 bits per heavy atom. The predicted molar refractivity (Wildman–Crippen MR) is 100 cm³/mol. The van der Waals surface area contributed by atoms with Crippen LogP contribution in [-0.2, 0) is 22.9 Å². The second-order valence-corrected chi connectivity index (χ2v) is 9.16. The van der Waals surface area contributed by atoms with Gasteiger partial charge in [-0.2, -0.15) is 4.31 Å². The van der Waals surface area contributed by atoms with Gasteiger partial charge in [0, 0.05) is 6.54 Å². The Morgan fingerprint density at radius 2 is 1.72 bits per heavy atom. The van der Waals surface area contributed by atoms with Crippen molar-refractivity contribution in [2.45, 2.75) is 56.4 Å². The lowest BCUT2D eigenvalue weighted by Crippen LogP contribution is -2.31. The lowest BCUT2D eigenvalue weighted by molar-refractivity contribution is 0.395. The van der Waals surface area contributed by atoms with Crippen molar-refractivity contribution in [3.63, 3.8) is 0 Å². The van der Waals surface area contributed by atoms with E-state index in [-0.39, 0.29) is 6.04 Å². The van der Waals surface area contributed by atoms with Crippen LogP contribution in [0.1, 0.15) is 54.0 Å². The topological polar surface area (TPSA) is 37.4 Å². The number of hydrogen-bond acceptors (Lipinski definition) is 2. The molecule has 0 radical (unpaired) electrons. The standard InChI is InChI=1S/C21H25NO2S/c1-16-7-2-5-10-20(16)21-11-6-14-22(21)25(23,24)19-13-12-17-8-3-4-9-18(17)15-19/h2,5,7,10,12-13,15,21H,3-4,6,8-9,11,14H2,1H3/t21-/m0/s1. The highest BCUT2D eigenvalue weighted by molar-refractivity contribution is 7.89. The third-order valence-corrected chi connectivity index (χ3v) is 7.58. The molecule has 0 aromatic heterocycles. The number of fused-ring (bicyclic) bond motifs is 1. The largest absolute Gasteiger partial charge is 0.243 e. The summed E-state index contributed by atoms with van der Waals surface area (Å²) in [7, 11) is -3.45. The quantitative estimate of drug-likeness (QED) is 0.818. The van der Waals surface area contributed by atoms with Gasteiger partial charge in [-0.05, 0) is 79.8 Å². The maximum atomic E-state index is 13.3. The first-order chi connectivity index (χ1) is 12.1. The zero-order valence-corrected chi connectivity index (χ0v) is 15.6. The van der Waals surface area contributed by atoms with Crippen LogP contribution in [0.15, 0.2) is 47.4 Å². The third-order valence-electron chi connectivity index (χ3n) is 5.68. The van der Waals surface area contributed by atoms with E-state index < -0.39 is 10.0 Å². The number of nitrogens with zero attached hydrogens (tertiary/aromatic N) is 1. The van der Waals surface area contributed by atoms with Crippen molar-refractivity contribution in [3.05, 3.63) is 64.7 Å². The van der Waals surface area contributed by atoms with Crippen LogP contribution >= 0.6 is 0 Å². The van der Waals surface area contributed by atoms with Crippen LogP contribution in [0.5, 0.6) is 0 Å². The van der Waals surface area contributed by atoms with Gasteiger partial charge in [0.25, 0.3) is 0 Å². The fourth-order valence-corrected chi connectivity index (χ4v) is 6.03. The Bertz CT molecular complexity index is 889. The first-order valence-corrected chi connectivity index (χ1v) is 10.7. The van der Waals surface area contributed by atoms with Gasteiger partial charge in [-0.1, -0.05) is 30.3 Å². The minimum atomic E-state index is -3.45. The molecule has 1 atom stereocenters. The van der Waals surface area contributed by atoms with Crippen molar-refractivity contribution in [1.29, 1.82) is 0 Å². The highest BCUT2D eigenvalue weighted by atomic mass is 32.2. The highest BCUT2D eigenvalue weighted by Crippen LogP contribution is 2.38. The van der Waals surface area contributed by atoms with Gasteiger partial charge in [-0.25, -0.2) is 8.42 Å². The summed E-state index contributed by atoms with van der Waals surface area (Å²) >= 11 is 0. The molecular formula is C21H25NO2S. The number of rotatable bonds is 3. The molecule has 0 N–H and O–H groups in total. The summed E-state index contributed by atoms with van der Waals surface area (Å²) in [5.74, 6) is 0. The van der Waals surface area contributed by atoms with E-state index in [9.17, 15) is 8.42 Å². The molecular weight excluding hydrogens is 330 g/mol. The molecule has 1 aliphatic carbocycles. The summed E-state index contributed by atoms with van der Waals surface area (Å²) in [6.07, 6.45) is 6.26. The van der Waals surface area contributed by atoms with Crippen LogP contribution < -0.4 is 0 Å². The van der Waals surface area contributed by atoms with Crippen molar-refractivity contribution in [3.8, 4) is 0 Å². The molecule has 0 unspecified atom stereocenters. The summed E-state index contributed by atoms with van der Waals surface area (Å²) in [6.45, 7) is 2.68. The van der Waals surface area contributed by atoms with Crippen LogP contribution in [0.3, 0.4) is 0 Å². The van der Waals surface area contributed by atoms with Gasteiger partial charge in [0.2, 0.25) is 10.0 Å². The highest BCUT2D eigenvalue weighted by Gasteiger charge is 2.36. The molecule has 1 aliphatic heterocycles. The molecule has 2 aromatic carbocycles. The zero-order valence-electron chi connectivity index (χ0n) is 14.7. The molecule has 4 heteroatoms. The van der Waals surface area contributed by atoms with Gasteiger partial charge in [-0.3, -0.25) is 0 Å². The lowest BCUT2D eigenvalue weighted by atomic mass is 9.92. The summed E-state index contributed by atoms with van der Waals surface area (Å²) in [4.78, 5) is 0.466. The third kappa shape index (κ3) is 3.02. The minimum absolute atomic E-state index is 0.0396. The van der Waals surface area contributed by atoms with Crippen LogP contribution in [0, 0.1) is 6.92 Å². The Balaban J connectivity index is 1.71. The second kappa shape index (κ2) is 6.58. The van der Waals surface area contributed by atoms with Gasteiger partial charge >= 0.3 is 0 Å². The van der Waals surface area contributed by atoms with Crippen molar-refractivity contribution in [2.24, 2.45) is 0 Å². The first-order valence-electron chi connectivity index (χ1n) is 9.26. The maximum Gasteiger partial charge on any atom is 0.243 e. The van der Waals surface area contributed by atoms with Gasteiger partial charge < -0.3 is 0 Å². The molecule has 3 nitrogen and oxygen atoms in total. The first kappa shape index (κ1) is 16.8. The van der Waals surface area contributed by atoms with Crippen LogP contribution in [-0.4, -0.2) is 19.3 Å². The lowest BCUT2D eigenvalue weighted by Gasteiger charge is -2.26. The molecule has 4 rings (SSSR count). The molecule has 2 aromatic rings. The van der Waals surface area contributed by atoms with Crippen molar-refractivity contribution in [1.82, 2.24) is 4.31 Å². The molecule has 2 aliphatic rings. The minimum Gasteiger partial charge on any atom is -0.207 e. The van der Waals surface area contributed by atoms with Crippen LogP contribution in [0.25, 0.3) is 0 Å². The van der Waals surface area contributed by atoms with E-state index in [1.165, 1.54) is 23.1 Å². The van der Waals surface area contributed by atoms with E-state index >= 15 is 0 Å². The van der Waals surface area contributed by atoms with Gasteiger partial charge in [0.05, 0.1) is 10.9 Å². The Morgan fingerprint density at radius 1 is 0.960 bits per heavy atom. The number of aryl methyl sites for hydroxylation is 3. The average molecular weight is 356 g/mol. The SMILES string of the molecule is Cc1ccccc1[C@@H]1CCCN1S(=O)(=O)c1ccc2c(c1)CCCC2. The Labute approximate surface area is 150 Å². The normalized spacial score (nSPS) is 21.2. The summed E-state index contributed by atoms with van der Waals surface area (Å²) in [6, 6.07) is 13.9. The van der Waals surface area contributed by atoms with E-state index in [2.05, 4.69) is 19.1 Å². The smallest absolute Gasteiger partial charge is 0.207 e. The van der Waals surface area contributed by atoms with E-state index in [0.29, 0.717) is 11.4 Å². The van der Waals surface area contributed by atoms with E-state index in [4.69, 9.17) is 0 Å². The number of benzene rings is 2. The maximum absolute atomic E-state index is 13.3. The van der Waals surface area contributed by atoms with Gasteiger partial charge in [-0.15, -0.1) is 0 Å². The van der Waals surface area contributed by atoms with E-state index in [1.54, 1.807) is 4.31 Å². The molecule has 25 heavy (non-hydrogen) atoms. The van der Waals surface area contributed by atoms with Gasteiger partial charge in [0.15, 0.2) is 0 Å². The van der Waals surface area contributed by atoms with Crippen LogP contribution in [0.2, 0.25) is 0 Å². The fourth-order valence-electron chi connectivity index (χ4n) is 4.30. The monoisotopic (exact) mass is 355 g/mol. The molecule has 0 saturated carbocycles. The Kier molecular flexibility index (Phi) is 4.42. The Hall–Kier alpha value is -1.65. The van der Waals surface area contributed by atoms with Crippen molar-refractivity contribution >= 4 is 10.0 Å². The molecule has 0 bridgehead atoms. The average Bonchev–Trinajstić information content (AvgIpc) is 3.12. The summed E-state index contributed by atoms with van der Waals surface area (Å²) in [5.41, 5.74) is 4.85. The molecule has 1 fully saturated rings.